The number of ether oxygens (including phenoxy) is 1. The van der Waals surface area contributed by atoms with Crippen LogP contribution in [0.3, 0.4) is 0 Å². The minimum Gasteiger partial charge on any atom is -0.469 e. The summed E-state index contributed by atoms with van der Waals surface area (Å²) in [5.74, 6) is -0.811. The van der Waals surface area contributed by atoms with E-state index >= 15 is 0 Å². The van der Waals surface area contributed by atoms with Crippen LogP contribution in [0, 0.1) is 11.8 Å². The molecule has 13 nitrogen and oxygen atoms in total. The molecule has 0 fully saturated rings. The smallest absolute Gasteiger partial charge is 0.273 e. The Hall–Kier alpha value is -5.95. The number of hydrogen-bond acceptors (Lipinski definition) is 10. The molecular formula is C43H44N6O7. The molecule has 13 heteroatoms. The van der Waals surface area contributed by atoms with Crippen LogP contribution < -0.4 is 26.0 Å². The first-order valence-corrected chi connectivity index (χ1v) is 19.3. The van der Waals surface area contributed by atoms with Crippen LogP contribution in [0.15, 0.2) is 81.8 Å². The third kappa shape index (κ3) is 5.75. The lowest BCUT2D eigenvalue weighted by atomic mass is 9.72. The van der Waals surface area contributed by atoms with Crippen LogP contribution in [0.2, 0.25) is 0 Å². The first-order valence-electron chi connectivity index (χ1n) is 19.3. The Balaban J connectivity index is 1.18. The number of rotatable bonds is 7. The SMILES string of the molecule is CC(C)[C@H](O)C(=O)N[C@H]1Cc2ccc3c(c2)C2(c4ccccc4NC2O3)c2oc(nc2-c2nc(C(=O)NC3CCCc4ccccc43)co2)[C@H](C(C)C)NC1=O. The highest BCUT2D eigenvalue weighted by Crippen LogP contribution is 2.59. The van der Waals surface area contributed by atoms with Gasteiger partial charge in [0.15, 0.2) is 23.4 Å². The van der Waals surface area contributed by atoms with Crippen molar-refractivity contribution in [3.05, 3.63) is 118 Å². The molecule has 0 saturated carbocycles. The third-order valence-electron chi connectivity index (χ3n) is 11.6. The molecule has 2 aromatic heterocycles. The van der Waals surface area contributed by atoms with Gasteiger partial charge in [0.05, 0.1) is 6.04 Å². The van der Waals surface area contributed by atoms with Crippen molar-refractivity contribution in [2.75, 3.05) is 5.32 Å². The Bertz CT molecular complexity index is 2370. The molecule has 5 aromatic rings. The number of carbonyl (C=O) groups is 3. The second-order valence-corrected chi connectivity index (χ2v) is 15.9. The highest BCUT2D eigenvalue weighted by Gasteiger charge is 2.61. The number of hydrogen-bond donors (Lipinski definition) is 5. The fourth-order valence-corrected chi connectivity index (χ4v) is 8.63. The number of amides is 3. The van der Waals surface area contributed by atoms with Crippen molar-refractivity contribution in [1.82, 2.24) is 25.9 Å². The molecule has 3 aliphatic heterocycles. The Morgan fingerprint density at radius 3 is 2.57 bits per heavy atom. The average molecular weight is 757 g/mol. The van der Waals surface area contributed by atoms with E-state index in [1.165, 1.54) is 11.8 Å². The highest BCUT2D eigenvalue weighted by atomic mass is 16.5. The van der Waals surface area contributed by atoms with Crippen LogP contribution in [-0.4, -0.2) is 51.2 Å². The largest absolute Gasteiger partial charge is 0.469 e. The molecule has 1 aliphatic carbocycles. The lowest BCUT2D eigenvalue weighted by molar-refractivity contribution is -0.135. The normalized spacial score (nSPS) is 23.7. The van der Waals surface area contributed by atoms with Crippen LogP contribution in [0.25, 0.3) is 11.6 Å². The summed E-state index contributed by atoms with van der Waals surface area (Å²) < 4.78 is 19.7. The number of fused-ring (bicyclic) bond motifs is 5. The van der Waals surface area contributed by atoms with Gasteiger partial charge in [0, 0.05) is 17.7 Å². The number of aryl methyl sites for hydroxylation is 1. The number of para-hydroxylation sites is 1. The van der Waals surface area contributed by atoms with Crippen LogP contribution >= 0.6 is 0 Å². The zero-order valence-corrected chi connectivity index (χ0v) is 31.6. The van der Waals surface area contributed by atoms with Crippen LogP contribution in [-0.2, 0) is 27.8 Å². The number of aliphatic hydroxyl groups excluding tert-OH is 1. The Morgan fingerprint density at radius 2 is 1.75 bits per heavy atom. The number of aromatic nitrogens is 2. The van der Waals surface area contributed by atoms with E-state index in [0.717, 1.165) is 47.2 Å². The summed E-state index contributed by atoms with van der Waals surface area (Å²) in [4.78, 5) is 50.9. The number of nitrogens with one attached hydrogen (secondary N) is 4. The van der Waals surface area contributed by atoms with Gasteiger partial charge in [-0.2, -0.15) is 0 Å². The Labute approximate surface area is 323 Å². The number of oxazole rings is 2. The summed E-state index contributed by atoms with van der Waals surface area (Å²) >= 11 is 0. The van der Waals surface area contributed by atoms with Crippen molar-refractivity contribution >= 4 is 23.4 Å². The van der Waals surface area contributed by atoms with Gasteiger partial charge in [0.25, 0.3) is 5.91 Å². The number of aliphatic hydroxyl groups is 1. The van der Waals surface area contributed by atoms with Crippen molar-refractivity contribution in [2.24, 2.45) is 11.8 Å². The van der Waals surface area contributed by atoms with E-state index in [4.69, 9.17) is 23.5 Å². The van der Waals surface area contributed by atoms with E-state index in [0.29, 0.717) is 11.5 Å². The highest BCUT2D eigenvalue weighted by molar-refractivity contribution is 5.93. The van der Waals surface area contributed by atoms with Crippen molar-refractivity contribution in [3.8, 4) is 17.3 Å². The summed E-state index contributed by atoms with van der Waals surface area (Å²) in [5, 5.41) is 23.2. The number of benzene rings is 3. The number of anilines is 1. The summed E-state index contributed by atoms with van der Waals surface area (Å²) in [6.45, 7) is 7.34. The maximum Gasteiger partial charge on any atom is 0.273 e. The molecule has 5 N–H and O–H groups in total. The molecule has 3 aromatic carbocycles. The molecule has 5 heterocycles. The summed E-state index contributed by atoms with van der Waals surface area (Å²) in [5.41, 5.74) is 4.80. The lowest BCUT2D eigenvalue weighted by Crippen LogP contribution is -2.52. The first-order chi connectivity index (χ1) is 27.0. The number of nitrogens with zero attached hydrogens (tertiary/aromatic N) is 2. The van der Waals surface area contributed by atoms with E-state index in [2.05, 4.69) is 33.4 Å². The van der Waals surface area contributed by atoms with E-state index < -0.39 is 41.6 Å². The van der Waals surface area contributed by atoms with E-state index in [-0.39, 0.29) is 53.4 Å². The van der Waals surface area contributed by atoms with Gasteiger partial charge < -0.3 is 39.9 Å². The predicted molar refractivity (Wildman–Crippen MR) is 205 cm³/mol. The molecule has 3 amide bonds. The molecule has 9 rings (SSSR count). The molecule has 4 bridgehead atoms. The van der Waals surface area contributed by atoms with Gasteiger partial charge in [0.2, 0.25) is 23.6 Å². The van der Waals surface area contributed by atoms with Crippen molar-refractivity contribution in [1.29, 1.82) is 0 Å². The Morgan fingerprint density at radius 1 is 0.946 bits per heavy atom. The standard InChI is InChI=1S/C43H44N6O7/c1-21(2)33-41-49-34(40-46-31(20-54-40)38(52)44-28-15-9-11-24-10-5-6-12-25(24)28)36(56-41)43-26-13-7-8-14-29(26)47-42(43)55-32-17-16-23(18-27(32)43)19-30(37(51)48-33)45-39(53)35(50)22(3)4/h5-8,10,12-14,16-18,20-22,28,30,33,35,42,47,50H,9,11,15,19H2,1-4H3,(H,44,52)(H,45,53)(H,48,51)/t28?,30-,33-,35-,42?,43?/m0/s1. The second-order valence-electron chi connectivity index (χ2n) is 15.9. The van der Waals surface area contributed by atoms with Crippen LogP contribution in [0.4, 0.5) is 5.69 Å². The lowest BCUT2D eigenvalue weighted by Gasteiger charge is -2.29. The van der Waals surface area contributed by atoms with Crippen molar-refractivity contribution in [3.63, 3.8) is 0 Å². The molecular weight excluding hydrogens is 713 g/mol. The molecule has 1 spiro atoms. The molecule has 6 atom stereocenters. The molecule has 4 aliphatic rings. The minimum atomic E-state index is -1.30. The number of carbonyl (C=O) groups excluding carboxylic acids is 3. The Kier molecular flexibility index (Phi) is 8.72. The van der Waals surface area contributed by atoms with Gasteiger partial charge in [-0.1, -0.05) is 82.3 Å². The quantitative estimate of drug-likeness (QED) is 0.143. The molecule has 3 unspecified atom stereocenters. The maximum atomic E-state index is 14.2. The third-order valence-corrected chi connectivity index (χ3v) is 11.6. The van der Waals surface area contributed by atoms with E-state index in [9.17, 15) is 19.5 Å². The van der Waals surface area contributed by atoms with E-state index in [1.54, 1.807) is 13.8 Å². The minimum absolute atomic E-state index is 0.0721. The van der Waals surface area contributed by atoms with Gasteiger partial charge in [-0.3, -0.25) is 14.4 Å². The molecule has 56 heavy (non-hydrogen) atoms. The van der Waals surface area contributed by atoms with Crippen molar-refractivity contribution in [2.45, 2.75) is 89.3 Å². The van der Waals surface area contributed by atoms with E-state index in [1.807, 2.05) is 68.4 Å². The topological polar surface area (TPSA) is 181 Å². The fourth-order valence-electron chi connectivity index (χ4n) is 8.63. The van der Waals surface area contributed by atoms with Gasteiger partial charge >= 0.3 is 0 Å². The van der Waals surface area contributed by atoms with Gasteiger partial charge in [-0.25, -0.2) is 9.97 Å². The summed E-state index contributed by atoms with van der Waals surface area (Å²) in [7, 11) is 0. The second kappa shape index (κ2) is 13.7. The molecule has 288 valence electrons. The van der Waals surface area contributed by atoms with Gasteiger partial charge in [-0.05, 0) is 65.5 Å². The van der Waals surface area contributed by atoms with Gasteiger partial charge in [-0.15, -0.1) is 0 Å². The van der Waals surface area contributed by atoms with Crippen LogP contribution in [0.1, 0.15) is 103 Å². The molecule has 0 radical (unpaired) electrons. The average Bonchev–Trinajstić information content (AvgIpc) is 3.97. The summed E-state index contributed by atoms with van der Waals surface area (Å²) in [6, 6.07) is 19.8. The maximum absolute atomic E-state index is 14.2. The monoisotopic (exact) mass is 756 g/mol. The summed E-state index contributed by atoms with van der Waals surface area (Å²) in [6.07, 6.45) is 2.25. The van der Waals surface area contributed by atoms with Gasteiger partial charge in [0.1, 0.15) is 35.6 Å². The predicted octanol–water partition coefficient (Wildman–Crippen LogP) is 5.49. The zero-order chi connectivity index (χ0) is 38.9. The van der Waals surface area contributed by atoms with Crippen LogP contribution in [0.5, 0.6) is 5.75 Å². The first kappa shape index (κ1) is 35.7. The zero-order valence-electron chi connectivity index (χ0n) is 31.6. The van der Waals surface area contributed by atoms with Crippen molar-refractivity contribution < 1.29 is 33.1 Å². The fraction of sp³-hybridized carbons (Fsp3) is 0.372. The molecule has 0 saturated heterocycles.